The van der Waals surface area contributed by atoms with Gasteiger partial charge in [-0.15, -0.1) is 0 Å². The Labute approximate surface area is 111 Å². The van der Waals surface area contributed by atoms with Crippen LogP contribution in [-0.2, 0) is 9.59 Å². The van der Waals surface area contributed by atoms with Crippen molar-refractivity contribution in [3.8, 4) is 5.75 Å². The van der Waals surface area contributed by atoms with E-state index in [0.29, 0.717) is 17.9 Å². The number of carboxylic acids is 1. The Balaban J connectivity index is 1.82. The molecule has 1 aromatic rings. The summed E-state index contributed by atoms with van der Waals surface area (Å²) >= 11 is 0. The van der Waals surface area contributed by atoms with Crippen LogP contribution in [0.2, 0.25) is 0 Å². The lowest BCUT2D eigenvalue weighted by molar-refractivity contribution is -0.139. The summed E-state index contributed by atoms with van der Waals surface area (Å²) in [5, 5.41) is 11.3. The van der Waals surface area contributed by atoms with Crippen molar-refractivity contribution in [2.75, 3.05) is 11.9 Å². The average Bonchev–Trinajstić information content (AvgIpc) is 3.18. The quantitative estimate of drug-likeness (QED) is 0.791. The molecule has 1 aliphatic rings. The summed E-state index contributed by atoms with van der Waals surface area (Å²) in [6.07, 6.45) is 3.96. The lowest BCUT2D eigenvalue weighted by atomic mass is 10.2. The first kappa shape index (κ1) is 13.4. The van der Waals surface area contributed by atoms with Gasteiger partial charge in [-0.05, 0) is 24.5 Å². The predicted molar refractivity (Wildman–Crippen MR) is 70.2 cm³/mol. The van der Waals surface area contributed by atoms with Crippen LogP contribution in [0.3, 0.4) is 0 Å². The third kappa shape index (κ3) is 4.99. The second kappa shape index (κ2) is 6.22. The molecule has 1 amide bonds. The largest absolute Gasteiger partial charge is 0.482 e. The fourth-order valence-electron chi connectivity index (χ4n) is 1.77. The third-order valence-electron chi connectivity index (χ3n) is 2.96. The molecule has 2 rings (SSSR count). The van der Waals surface area contributed by atoms with Gasteiger partial charge < -0.3 is 15.2 Å². The molecule has 1 fully saturated rings. The van der Waals surface area contributed by atoms with Crippen molar-refractivity contribution in [3.63, 3.8) is 0 Å². The van der Waals surface area contributed by atoms with Gasteiger partial charge in [-0.2, -0.15) is 0 Å². The first-order chi connectivity index (χ1) is 9.13. The van der Waals surface area contributed by atoms with E-state index in [9.17, 15) is 9.59 Å². The lowest BCUT2D eigenvalue weighted by Crippen LogP contribution is -2.12. The van der Waals surface area contributed by atoms with Gasteiger partial charge in [0.1, 0.15) is 5.75 Å². The molecule has 0 aliphatic heterocycles. The number of aliphatic carboxylic acids is 1. The van der Waals surface area contributed by atoms with Gasteiger partial charge in [0, 0.05) is 18.2 Å². The van der Waals surface area contributed by atoms with Crippen molar-refractivity contribution >= 4 is 17.6 Å². The number of rotatable bonds is 7. The van der Waals surface area contributed by atoms with Crippen molar-refractivity contribution in [2.24, 2.45) is 5.92 Å². The minimum Gasteiger partial charge on any atom is -0.482 e. The number of carbonyl (C=O) groups is 2. The minimum absolute atomic E-state index is 0.0118. The molecule has 2 N–H and O–H groups in total. The third-order valence-corrected chi connectivity index (χ3v) is 2.96. The number of carboxylic acid groups (broad SMARTS) is 1. The zero-order chi connectivity index (χ0) is 13.7. The Morgan fingerprint density at radius 1 is 1.37 bits per heavy atom. The second-order valence-corrected chi connectivity index (χ2v) is 4.74. The summed E-state index contributed by atoms with van der Waals surface area (Å²) in [5.74, 6) is 0.125. The van der Waals surface area contributed by atoms with Crippen LogP contribution < -0.4 is 10.1 Å². The molecule has 0 radical (unpaired) electrons. The van der Waals surface area contributed by atoms with Gasteiger partial charge in [0.2, 0.25) is 5.91 Å². The molecule has 19 heavy (non-hydrogen) atoms. The summed E-state index contributed by atoms with van der Waals surface area (Å²) < 4.78 is 5.05. The zero-order valence-electron chi connectivity index (χ0n) is 10.6. The molecule has 1 saturated carbocycles. The molecule has 0 atom stereocenters. The van der Waals surface area contributed by atoms with Crippen LogP contribution in [0.5, 0.6) is 5.75 Å². The van der Waals surface area contributed by atoms with E-state index in [-0.39, 0.29) is 12.5 Å². The molecule has 0 heterocycles. The van der Waals surface area contributed by atoms with Crippen molar-refractivity contribution in [1.29, 1.82) is 0 Å². The van der Waals surface area contributed by atoms with Gasteiger partial charge in [-0.3, -0.25) is 4.79 Å². The highest BCUT2D eigenvalue weighted by molar-refractivity contribution is 5.90. The number of carbonyl (C=O) groups excluding carboxylic acids is 1. The Bertz CT molecular complexity index is 468. The Morgan fingerprint density at radius 2 is 2.16 bits per heavy atom. The van der Waals surface area contributed by atoms with E-state index in [1.807, 2.05) is 0 Å². The number of ether oxygens (including phenoxy) is 1. The Morgan fingerprint density at radius 3 is 2.84 bits per heavy atom. The Hall–Kier alpha value is -2.04. The van der Waals surface area contributed by atoms with Crippen LogP contribution in [-0.4, -0.2) is 23.6 Å². The van der Waals surface area contributed by atoms with E-state index in [1.165, 1.54) is 12.8 Å². The fourth-order valence-corrected chi connectivity index (χ4v) is 1.77. The van der Waals surface area contributed by atoms with Crippen LogP contribution in [0, 0.1) is 5.92 Å². The molecular weight excluding hydrogens is 246 g/mol. The number of hydrogen-bond acceptors (Lipinski definition) is 3. The van der Waals surface area contributed by atoms with E-state index < -0.39 is 5.97 Å². The smallest absolute Gasteiger partial charge is 0.341 e. The number of amides is 1. The van der Waals surface area contributed by atoms with Gasteiger partial charge in [-0.25, -0.2) is 4.79 Å². The topological polar surface area (TPSA) is 75.6 Å². The standard InChI is InChI=1S/C14H17NO4/c16-13(7-6-10-4-5-10)15-11-2-1-3-12(8-11)19-9-14(17)18/h1-3,8,10H,4-7,9H2,(H,15,16)(H,17,18). The summed E-state index contributed by atoms with van der Waals surface area (Å²) in [6.45, 7) is -0.390. The molecule has 5 nitrogen and oxygen atoms in total. The summed E-state index contributed by atoms with van der Waals surface area (Å²) in [4.78, 5) is 22.1. The average molecular weight is 263 g/mol. The predicted octanol–water partition coefficient (Wildman–Crippen LogP) is 2.28. The number of anilines is 1. The van der Waals surface area contributed by atoms with Gasteiger partial charge >= 0.3 is 5.97 Å². The van der Waals surface area contributed by atoms with Gasteiger partial charge in [0.05, 0.1) is 0 Å². The summed E-state index contributed by atoms with van der Waals surface area (Å²) in [7, 11) is 0. The zero-order valence-corrected chi connectivity index (χ0v) is 10.6. The SMILES string of the molecule is O=C(O)COc1cccc(NC(=O)CCC2CC2)c1. The van der Waals surface area contributed by atoms with Crippen molar-refractivity contribution < 1.29 is 19.4 Å². The highest BCUT2D eigenvalue weighted by atomic mass is 16.5. The normalized spacial score (nSPS) is 13.9. The summed E-state index contributed by atoms with van der Waals surface area (Å²) in [5.41, 5.74) is 0.628. The molecule has 5 heteroatoms. The van der Waals surface area contributed by atoms with E-state index >= 15 is 0 Å². The van der Waals surface area contributed by atoms with Crippen LogP contribution in [0.1, 0.15) is 25.7 Å². The molecule has 0 bridgehead atoms. The molecule has 0 aromatic heterocycles. The van der Waals surface area contributed by atoms with Gasteiger partial charge in [-0.1, -0.05) is 18.9 Å². The number of benzene rings is 1. The molecule has 102 valence electrons. The molecule has 1 aliphatic carbocycles. The highest BCUT2D eigenvalue weighted by Crippen LogP contribution is 2.33. The first-order valence-electron chi connectivity index (χ1n) is 6.38. The van der Waals surface area contributed by atoms with Gasteiger partial charge in [0.25, 0.3) is 0 Å². The van der Waals surface area contributed by atoms with Gasteiger partial charge in [0.15, 0.2) is 6.61 Å². The van der Waals surface area contributed by atoms with Crippen LogP contribution in [0.4, 0.5) is 5.69 Å². The Kier molecular flexibility index (Phi) is 4.39. The maximum Gasteiger partial charge on any atom is 0.341 e. The highest BCUT2D eigenvalue weighted by Gasteiger charge is 2.21. The second-order valence-electron chi connectivity index (χ2n) is 4.74. The van der Waals surface area contributed by atoms with E-state index in [0.717, 1.165) is 12.3 Å². The minimum atomic E-state index is -1.03. The summed E-state index contributed by atoms with van der Waals surface area (Å²) in [6, 6.07) is 6.75. The fraction of sp³-hybridized carbons (Fsp3) is 0.429. The molecule has 0 unspecified atom stereocenters. The molecule has 0 saturated heterocycles. The number of hydrogen-bond donors (Lipinski definition) is 2. The van der Waals surface area contributed by atoms with Crippen LogP contribution >= 0.6 is 0 Å². The monoisotopic (exact) mass is 263 g/mol. The van der Waals surface area contributed by atoms with E-state index in [1.54, 1.807) is 24.3 Å². The maximum atomic E-state index is 11.7. The lowest BCUT2D eigenvalue weighted by Gasteiger charge is -2.07. The van der Waals surface area contributed by atoms with Crippen molar-refractivity contribution in [3.05, 3.63) is 24.3 Å². The van der Waals surface area contributed by atoms with Crippen LogP contribution in [0.15, 0.2) is 24.3 Å². The number of nitrogens with one attached hydrogen (secondary N) is 1. The van der Waals surface area contributed by atoms with Crippen molar-refractivity contribution in [1.82, 2.24) is 0 Å². The van der Waals surface area contributed by atoms with Crippen molar-refractivity contribution in [2.45, 2.75) is 25.7 Å². The van der Waals surface area contributed by atoms with E-state index in [2.05, 4.69) is 5.32 Å². The molecular formula is C14H17NO4. The van der Waals surface area contributed by atoms with Crippen LogP contribution in [0.25, 0.3) is 0 Å². The first-order valence-corrected chi connectivity index (χ1v) is 6.38. The van der Waals surface area contributed by atoms with E-state index in [4.69, 9.17) is 9.84 Å². The molecule has 0 spiro atoms. The maximum absolute atomic E-state index is 11.7. The molecule has 1 aromatic carbocycles.